The highest BCUT2D eigenvalue weighted by Crippen LogP contribution is 2.19. The molecular formula is C16H19ClFNO4. The first kappa shape index (κ1) is 17.7. The van der Waals surface area contributed by atoms with Gasteiger partial charge in [0.1, 0.15) is 5.82 Å². The monoisotopic (exact) mass is 343 g/mol. The van der Waals surface area contributed by atoms with Crippen LogP contribution in [0.25, 0.3) is 0 Å². The molecule has 1 aromatic carbocycles. The van der Waals surface area contributed by atoms with E-state index in [-0.39, 0.29) is 41.7 Å². The fraction of sp³-hybridized carbons (Fsp3) is 0.500. The van der Waals surface area contributed by atoms with Gasteiger partial charge in [0, 0.05) is 23.7 Å². The van der Waals surface area contributed by atoms with E-state index in [9.17, 15) is 14.0 Å². The Bertz CT molecular complexity index is 565. The smallest absolute Gasteiger partial charge is 0.310 e. The maximum absolute atomic E-state index is 13.6. The molecule has 0 radical (unpaired) electrons. The number of ether oxygens (including phenoxy) is 2. The molecule has 0 unspecified atom stereocenters. The number of amides is 1. The van der Waals surface area contributed by atoms with Gasteiger partial charge in [0.05, 0.1) is 18.6 Å². The first-order valence-electron chi connectivity index (χ1n) is 7.38. The molecule has 2 atom stereocenters. The second kappa shape index (κ2) is 7.75. The normalized spacial score (nSPS) is 21.1. The molecule has 1 fully saturated rings. The predicted octanol–water partition coefficient (Wildman–Crippen LogP) is 2.20. The number of carbonyl (C=O) groups excluding carboxylic acids is 2. The summed E-state index contributed by atoms with van der Waals surface area (Å²) in [5.74, 6) is -1.56. The van der Waals surface area contributed by atoms with E-state index in [1.54, 1.807) is 4.90 Å². The SMILES string of the molecule is C[C@@H]1CN(C(=O)COC(=O)Cc2c(F)cccc2Cl)C[C@H](C)O1. The molecule has 1 aliphatic heterocycles. The minimum atomic E-state index is -0.695. The summed E-state index contributed by atoms with van der Waals surface area (Å²) in [5, 5.41) is 0.157. The Morgan fingerprint density at radius 3 is 2.61 bits per heavy atom. The lowest BCUT2D eigenvalue weighted by Gasteiger charge is -2.35. The zero-order chi connectivity index (χ0) is 17.0. The Hall–Kier alpha value is -1.66. The van der Waals surface area contributed by atoms with Gasteiger partial charge in [-0.2, -0.15) is 0 Å². The molecule has 0 bridgehead atoms. The van der Waals surface area contributed by atoms with Crippen molar-refractivity contribution in [1.82, 2.24) is 4.90 Å². The van der Waals surface area contributed by atoms with Crippen molar-refractivity contribution in [2.24, 2.45) is 0 Å². The third-order valence-electron chi connectivity index (χ3n) is 3.51. The molecule has 1 saturated heterocycles. The lowest BCUT2D eigenvalue weighted by atomic mass is 10.1. The van der Waals surface area contributed by atoms with Gasteiger partial charge in [0.25, 0.3) is 5.91 Å². The van der Waals surface area contributed by atoms with Crippen molar-refractivity contribution in [3.05, 3.63) is 34.6 Å². The van der Waals surface area contributed by atoms with E-state index in [0.29, 0.717) is 13.1 Å². The van der Waals surface area contributed by atoms with Crippen molar-refractivity contribution >= 4 is 23.5 Å². The number of esters is 1. The van der Waals surface area contributed by atoms with Crippen LogP contribution in [0.2, 0.25) is 5.02 Å². The van der Waals surface area contributed by atoms with Gasteiger partial charge in [0.15, 0.2) is 6.61 Å². The van der Waals surface area contributed by atoms with Crippen LogP contribution in [0.5, 0.6) is 0 Å². The Morgan fingerprint density at radius 2 is 2.00 bits per heavy atom. The molecule has 2 rings (SSSR count). The van der Waals surface area contributed by atoms with E-state index < -0.39 is 11.8 Å². The second-order valence-electron chi connectivity index (χ2n) is 5.59. The number of hydrogen-bond donors (Lipinski definition) is 0. The Kier molecular flexibility index (Phi) is 5.96. The molecule has 1 aliphatic rings. The van der Waals surface area contributed by atoms with Gasteiger partial charge in [-0.15, -0.1) is 0 Å². The summed E-state index contributed by atoms with van der Waals surface area (Å²) in [4.78, 5) is 25.5. The van der Waals surface area contributed by atoms with Crippen LogP contribution >= 0.6 is 11.6 Å². The quantitative estimate of drug-likeness (QED) is 0.786. The van der Waals surface area contributed by atoms with Crippen LogP contribution in [0.1, 0.15) is 19.4 Å². The second-order valence-corrected chi connectivity index (χ2v) is 6.00. The van der Waals surface area contributed by atoms with Crippen LogP contribution in [-0.2, 0) is 25.5 Å². The number of rotatable bonds is 4. The topological polar surface area (TPSA) is 55.8 Å². The number of morpholine rings is 1. The average molecular weight is 344 g/mol. The van der Waals surface area contributed by atoms with Crippen LogP contribution in [0.4, 0.5) is 4.39 Å². The minimum Gasteiger partial charge on any atom is -0.455 e. The largest absolute Gasteiger partial charge is 0.455 e. The number of carbonyl (C=O) groups is 2. The molecule has 1 heterocycles. The van der Waals surface area contributed by atoms with E-state index in [1.165, 1.54) is 18.2 Å². The highest BCUT2D eigenvalue weighted by Gasteiger charge is 2.26. The zero-order valence-electron chi connectivity index (χ0n) is 13.1. The van der Waals surface area contributed by atoms with Gasteiger partial charge in [-0.05, 0) is 26.0 Å². The summed E-state index contributed by atoms with van der Waals surface area (Å²) in [6.45, 7) is 4.30. The summed E-state index contributed by atoms with van der Waals surface area (Å²) < 4.78 is 24.1. The molecule has 1 amide bonds. The molecule has 0 aliphatic carbocycles. The minimum absolute atomic E-state index is 0.0596. The standard InChI is InChI=1S/C16H19ClFNO4/c1-10-7-19(8-11(2)23-10)15(20)9-22-16(21)6-12-13(17)4-3-5-14(12)18/h3-5,10-11H,6-9H2,1-2H3/t10-,11+. The number of hydrogen-bond acceptors (Lipinski definition) is 4. The fourth-order valence-corrected chi connectivity index (χ4v) is 2.74. The third kappa shape index (κ3) is 4.91. The first-order chi connectivity index (χ1) is 10.9. The van der Waals surface area contributed by atoms with Crippen LogP contribution < -0.4 is 0 Å². The lowest BCUT2D eigenvalue weighted by Crippen LogP contribution is -2.49. The molecule has 126 valence electrons. The van der Waals surface area contributed by atoms with Crippen molar-refractivity contribution in [3.8, 4) is 0 Å². The average Bonchev–Trinajstić information content (AvgIpc) is 2.47. The van der Waals surface area contributed by atoms with Gasteiger partial charge >= 0.3 is 5.97 Å². The maximum Gasteiger partial charge on any atom is 0.310 e. The maximum atomic E-state index is 13.6. The van der Waals surface area contributed by atoms with Crippen molar-refractivity contribution in [1.29, 1.82) is 0 Å². The van der Waals surface area contributed by atoms with Gasteiger partial charge in [-0.1, -0.05) is 17.7 Å². The van der Waals surface area contributed by atoms with Crippen LogP contribution in [0.3, 0.4) is 0 Å². The summed E-state index contributed by atoms with van der Waals surface area (Å²) in [5.41, 5.74) is 0.0697. The lowest BCUT2D eigenvalue weighted by molar-refractivity contribution is -0.156. The molecule has 1 aromatic rings. The van der Waals surface area contributed by atoms with Crippen molar-refractivity contribution in [2.45, 2.75) is 32.5 Å². The zero-order valence-corrected chi connectivity index (χ0v) is 13.8. The van der Waals surface area contributed by atoms with E-state index in [2.05, 4.69) is 0 Å². The van der Waals surface area contributed by atoms with Crippen LogP contribution in [0.15, 0.2) is 18.2 Å². The fourth-order valence-electron chi connectivity index (χ4n) is 2.51. The van der Waals surface area contributed by atoms with Gasteiger partial charge < -0.3 is 14.4 Å². The van der Waals surface area contributed by atoms with Crippen molar-refractivity contribution in [3.63, 3.8) is 0 Å². The third-order valence-corrected chi connectivity index (χ3v) is 3.87. The molecule has 0 N–H and O–H groups in total. The van der Waals surface area contributed by atoms with E-state index >= 15 is 0 Å². The molecule has 0 aromatic heterocycles. The van der Waals surface area contributed by atoms with Crippen molar-refractivity contribution < 1.29 is 23.5 Å². The summed E-state index contributed by atoms with van der Waals surface area (Å²) in [7, 11) is 0. The van der Waals surface area contributed by atoms with E-state index in [4.69, 9.17) is 21.1 Å². The molecular weight excluding hydrogens is 325 g/mol. The van der Waals surface area contributed by atoms with Crippen LogP contribution in [-0.4, -0.2) is 48.7 Å². The predicted molar refractivity (Wildman–Crippen MR) is 82.7 cm³/mol. The molecule has 7 heteroatoms. The first-order valence-corrected chi connectivity index (χ1v) is 7.76. The van der Waals surface area contributed by atoms with E-state index in [0.717, 1.165) is 0 Å². The Balaban J connectivity index is 1.85. The Morgan fingerprint density at radius 1 is 1.35 bits per heavy atom. The number of halogens is 2. The van der Waals surface area contributed by atoms with Crippen molar-refractivity contribution in [2.75, 3.05) is 19.7 Å². The number of nitrogens with zero attached hydrogens (tertiary/aromatic N) is 1. The summed E-state index contributed by atoms with van der Waals surface area (Å²) in [6.07, 6.45) is -0.430. The van der Waals surface area contributed by atoms with Gasteiger partial charge in [0.2, 0.25) is 0 Å². The summed E-state index contributed by atoms with van der Waals surface area (Å²) >= 11 is 5.85. The molecule has 0 spiro atoms. The highest BCUT2D eigenvalue weighted by molar-refractivity contribution is 6.31. The van der Waals surface area contributed by atoms with Crippen LogP contribution in [0, 0.1) is 5.82 Å². The molecule has 23 heavy (non-hydrogen) atoms. The van der Waals surface area contributed by atoms with E-state index in [1.807, 2.05) is 13.8 Å². The number of benzene rings is 1. The molecule has 0 saturated carbocycles. The molecule has 5 nitrogen and oxygen atoms in total. The summed E-state index contributed by atoms with van der Waals surface area (Å²) in [6, 6.07) is 4.17. The Labute approximate surface area is 139 Å². The highest BCUT2D eigenvalue weighted by atomic mass is 35.5. The van der Waals surface area contributed by atoms with Gasteiger partial charge in [-0.3, -0.25) is 9.59 Å². The van der Waals surface area contributed by atoms with Gasteiger partial charge in [-0.25, -0.2) is 4.39 Å².